The molecule has 2 heterocycles. The van der Waals surface area contributed by atoms with Gasteiger partial charge >= 0.3 is 0 Å². The summed E-state index contributed by atoms with van der Waals surface area (Å²) < 4.78 is 1.20. The van der Waals surface area contributed by atoms with E-state index in [1.54, 1.807) is 22.7 Å². The normalized spacial score (nSPS) is 10.5. The number of aromatic nitrogens is 2. The smallest absolute Gasteiger partial charge is 0.153 e. The predicted molar refractivity (Wildman–Crippen MR) is 60.7 cm³/mol. The largest absolute Gasteiger partial charge is 0.242 e. The molecule has 0 aromatic carbocycles. The van der Waals surface area contributed by atoms with Crippen LogP contribution in [-0.4, -0.2) is 9.97 Å². The minimum Gasteiger partial charge on any atom is -0.242 e. The van der Waals surface area contributed by atoms with E-state index in [1.807, 2.05) is 12.4 Å². The van der Waals surface area contributed by atoms with E-state index in [4.69, 9.17) is 0 Å². The monoisotopic (exact) mass is 308 g/mol. The SMILES string of the molecule is Cc1cnc(-c2ncc(I)s2)s1. The van der Waals surface area contributed by atoms with Gasteiger partial charge in [0.25, 0.3) is 0 Å². The Morgan fingerprint density at radius 2 is 1.83 bits per heavy atom. The second-order valence-electron chi connectivity index (χ2n) is 2.25. The number of thiazole rings is 2. The molecule has 0 spiro atoms. The Bertz CT molecular complexity index is 355. The van der Waals surface area contributed by atoms with Crippen LogP contribution in [0.15, 0.2) is 12.4 Å². The second-order valence-corrected chi connectivity index (χ2v) is 6.41. The third-order valence-electron chi connectivity index (χ3n) is 1.28. The van der Waals surface area contributed by atoms with Crippen molar-refractivity contribution in [2.24, 2.45) is 0 Å². The zero-order chi connectivity index (χ0) is 8.55. The van der Waals surface area contributed by atoms with Gasteiger partial charge in [-0.3, -0.25) is 0 Å². The zero-order valence-corrected chi connectivity index (χ0v) is 10.0. The molecule has 0 saturated carbocycles. The molecule has 0 atom stereocenters. The summed E-state index contributed by atoms with van der Waals surface area (Å²) in [6.07, 6.45) is 3.76. The molecule has 0 fully saturated rings. The summed E-state index contributed by atoms with van der Waals surface area (Å²) in [5, 5.41) is 2.05. The van der Waals surface area contributed by atoms with E-state index in [2.05, 4.69) is 39.5 Å². The number of hydrogen-bond acceptors (Lipinski definition) is 4. The van der Waals surface area contributed by atoms with Crippen LogP contribution in [-0.2, 0) is 0 Å². The van der Waals surface area contributed by atoms with Crippen LogP contribution in [0.3, 0.4) is 0 Å². The molecule has 0 aliphatic rings. The van der Waals surface area contributed by atoms with Gasteiger partial charge in [-0.2, -0.15) is 0 Å². The summed E-state index contributed by atoms with van der Waals surface area (Å²) in [5.74, 6) is 0. The molecule has 0 bridgehead atoms. The Labute approximate surface area is 91.8 Å². The van der Waals surface area contributed by atoms with Gasteiger partial charge in [0.2, 0.25) is 0 Å². The number of halogens is 1. The molecule has 0 aliphatic carbocycles. The van der Waals surface area contributed by atoms with Crippen molar-refractivity contribution in [3.8, 4) is 10.0 Å². The maximum atomic E-state index is 4.26. The Hall–Kier alpha value is -0.0100. The summed E-state index contributed by atoms with van der Waals surface area (Å²) >= 11 is 5.63. The minimum atomic E-state index is 1.03. The number of nitrogens with zero attached hydrogens (tertiary/aromatic N) is 2. The van der Waals surface area contributed by atoms with Crippen LogP contribution in [0, 0.1) is 9.81 Å². The van der Waals surface area contributed by atoms with Gasteiger partial charge in [0, 0.05) is 11.1 Å². The summed E-state index contributed by atoms with van der Waals surface area (Å²) in [5.41, 5.74) is 0. The lowest BCUT2D eigenvalue weighted by molar-refractivity contribution is 1.34. The van der Waals surface area contributed by atoms with Crippen LogP contribution >= 0.6 is 45.3 Å². The average Bonchev–Trinajstić information content (AvgIpc) is 2.58. The van der Waals surface area contributed by atoms with Crippen molar-refractivity contribution in [2.75, 3.05) is 0 Å². The highest BCUT2D eigenvalue weighted by Crippen LogP contribution is 2.28. The fourth-order valence-corrected chi connectivity index (χ4v) is 3.01. The first-order chi connectivity index (χ1) is 5.75. The molecule has 12 heavy (non-hydrogen) atoms. The summed E-state index contributed by atoms with van der Waals surface area (Å²) in [6.45, 7) is 2.06. The van der Waals surface area contributed by atoms with Crippen LogP contribution in [0.4, 0.5) is 0 Å². The highest BCUT2D eigenvalue weighted by atomic mass is 127. The first kappa shape index (κ1) is 8.58. The van der Waals surface area contributed by atoms with Crippen molar-refractivity contribution >= 4 is 45.3 Å². The van der Waals surface area contributed by atoms with Gasteiger partial charge in [-0.15, -0.1) is 22.7 Å². The summed E-state index contributed by atoms with van der Waals surface area (Å²) in [6, 6.07) is 0. The van der Waals surface area contributed by atoms with Gasteiger partial charge in [-0.05, 0) is 29.5 Å². The fourth-order valence-electron chi connectivity index (χ4n) is 0.807. The Morgan fingerprint density at radius 1 is 1.17 bits per heavy atom. The number of rotatable bonds is 1. The standard InChI is InChI=1S/C7H5IN2S2/c1-4-2-9-6(11-4)7-10-3-5(8)12-7/h2-3H,1H3. The van der Waals surface area contributed by atoms with Gasteiger partial charge in [0.15, 0.2) is 10.0 Å². The Balaban J connectivity index is 2.43. The van der Waals surface area contributed by atoms with Crippen molar-refractivity contribution in [3.05, 3.63) is 20.2 Å². The molecular weight excluding hydrogens is 303 g/mol. The predicted octanol–water partition coefficient (Wildman–Crippen LogP) is 3.18. The Kier molecular flexibility index (Phi) is 2.42. The first-order valence-corrected chi connectivity index (χ1v) is 6.01. The molecule has 0 saturated heterocycles. The van der Waals surface area contributed by atoms with E-state index in [9.17, 15) is 0 Å². The van der Waals surface area contributed by atoms with Crippen LogP contribution in [0.5, 0.6) is 0 Å². The third kappa shape index (κ3) is 1.67. The first-order valence-electron chi connectivity index (χ1n) is 3.30. The molecule has 0 radical (unpaired) electrons. The van der Waals surface area contributed by atoms with E-state index in [-0.39, 0.29) is 0 Å². The second kappa shape index (κ2) is 3.39. The van der Waals surface area contributed by atoms with E-state index in [0.717, 1.165) is 10.0 Å². The van der Waals surface area contributed by atoms with Gasteiger partial charge in [0.05, 0.1) is 9.08 Å². The van der Waals surface area contributed by atoms with Crippen LogP contribution in [0.2, 0.25) is 0 Å². The average molecular weight is 308 g/mol. The molecular formula is C7H5IN2S2. The fraction of sp³-hybridized carbons (Fsp3) is 0.143. The molecule has 2 aromatic heterocycles. The molecule has 5 heteroatoms. The number of hydrogen-bond donors (Lipinski definition) is 0. The van der Waals surface area contributed by atoms with Crippen molar-refractivity contribution in [1.29, 1.82) is 0 Å². The summed E-state index contributed by atoms with van der Waals surface area (Å²) in [7, 11) is 0. The van der Waals surface area contributed by atoms with Gasteiger partial charge in [-0.1, -0.05) is 0 Å². The number of aryl methyl sites for hydroxylation is 1. The third-order valence-corrected chi connectivity index (χ3v) is 4.06. The lowest BCUT2D eigenvalue weighted by Gasteiger charge is -1.83. The Morgan fingerprint density at radius 3 is 2.33 bits per heavy atom. The molecule has 2 aromatic rings. The van der Waals surface area contributed by atoms with Crippen molar-refractivity contribution < 1.29 is 0 Å². The molecule has 2 rings (SSSR count). The van der Waals surface area contributed by atoms with Crippen LogP contribution in [0.25, 0.3) is 10.0 Å². The molecule has 0 amide bonds. The van der Waals surface area contributed by atoms with Crippen LogP contribution in [0.1, 0.15) is 4.88 Å². The van der Waals surface area contributed by atoms with Gasteiger partial charge in [0.1, 0.15) is 0 Å². The van der Waals surface area contributed by atoms with E-state index < -0.39 is 0 Å². The van der Waals surface area contributed by atoms with Crippen molar-refractivity contribution in [2.45, 2.75) is 6.92 Å². The minimum absolute atomic E-state index is 1.03. The van der Waals surface area contributed by atoms with E-state index in [0.29, 0.717) is 0 Å². The van der Waals surface area contributed by atoms with Crippen molar-refractivity contribution in [3.63, 3.8) is 0 Å². The van der Waals surface area contributed by atoms with E-state index in [1.165, 1.54) is 7.76 Å². The zero-order valence-electron chi connectivity index (χ0n) is 6.24. The maximum Gasteiger partial charge on any atom is 0.153 e. The highest BCUT2D eigenvalue weighted by molar-refractivity contribution is 14.1. The van der Waals surface area contributed by atoms with Crippen LogP contribution < -0.4 is 0 Å². The van der Waals surface area contributed by atoms with Gasteiger partial charge < -0.3 is 0 Å². The molecule has 2 nitrogen and oxygen atoms in total. The lowest BCUT2D eigenvalue weighted by Crippen LogP contribution is -1.68. The van der Waals surface area contributed by atoms with E-state index >= 15 is 0 Å². The lowest BCUT2D eigenvalue weighted by atomic mass is 10.6. The molecule has 0 unspecified atom stereocenters. The molecule has 0 N–H and O–H groups in total. The topological polar surface area (TPSA) is 25.8 Å². The highest BCUT2D eigenvalue weighted by Gasteiger charge is 2.06. The molecule has 0 aliphatic heterocycles. The summed E-state index contributed by atoms with van der Waals surface area (Å²) in [4.78, 5) is 9.75. The van der Waals surface area contributed by atoms with Crippen molar-refractivity contribution in [1.82, 2.24) is 9.97 Å². The maximum absolute atomic E-state index is 4.26. The quantitative estimate of drug-likeness (QED) is 0.756. The van der Waals surface area contributed by atoms with Gasteiger partial charge in [-0.25, -0.2) is 9.97 Å². The molecule has 62 valence electrons.